The standard InChI is InChI=1S/C27H25N3O3/c31-24(23-22-21(10-15-30-23)27(33-25(22)32)13-16-28-17-27)26(11-12-26)19-7-4-18(5-8-19)6-9-20-3-1-2-14-29-20/h1-5,7-8,10,14-15,28H,6,9,11-13,16-17H2. The van der Waals surface area contributed by atoms with Crippen molar-refractivity contribution in [3.05, 3.63) is 94.6 Å². The van der Waals surface area contributed by atoms with Gasteiger partial charge in [-0.2, -0.15) is 0 Å². The molecule has 6 rings (SSSR count). The second-order valence-electron chi connectivity index (χ2n) is 9.32. The van der Waals surface area contributed by atoms with E-state index in [4.69, 9.17) is 4.74 Å². The Morgan fingerprint density at radius 3 is 2.52 bits per heavy atom. The number of carbonyl (C=O) groups excluding carboxylic acids is 2. The molecule has 2 fully saturated rings. The van der Waals surface area contributed by atoms with E-state index in [2.05, 4.69) is 39.6 Å². The molecule has 0 radical (unpaired) electrons. The minimum absolute atomic E-state index is 0.0689. The molecule has 1 N–H and O–H groups in total. The van der Waals surface area contributed by atoms with Gasteiger partial charge in [0, 0.05) is 36.6 Å². The van der Waals surface area contributed by atoms with Gasteiger partial charge in [0.25, 0.3) is 0 Å². The summed E-state index contributed by atoms with van der Waals surface area (Å²) >= 11 is 0. The number of fused-ring (bicyclic) bond motifs is 2. The molecule has 2 aliphatic heterocycles. The molecule has 4 heterocycles. The number of benzene rings is 1. The van der Waals surface area contributed by atoms with E-state index in [-0.39, 0.29) is 11.5 Å². The predicted octanol–water partition coefficient (Wildman–Crippen LogP) is 3.54. The maximum Gasteiger partial charge on any atom is 0.341 e. The number of pyridine rings is 2. The van der Waals surface area contributed by atoms with Crippen LogP contribution in [-0.2, 0) is 28.6 Å². The number of aryl methyl sites for hydroxylation is 2. The van der Waals surface area contributed by atoms with E-state index in [0.717, 1.165) is 49.0 Å². The number of esters is 1. The zero-order chi connectivity index (χ0) is 22.5. The molecule has 0 amide bonds. The maximum absolute atomic E-state index is 13.7. The van der Waals surface area contributed by atoms with Crippen LogP contribution >= 0.6 is 0 Å². The van der Waals surface area contributed by atoms with E-state index in [0.29, 0.717) is 18.5 Å². The van der Waals surface area contributed by atoms with Crippen molar-refractivity contribution in [1.82, 2.24) is 15.3 Å². The second-order valence-corrected chi connectivity index (χ2v) is 9.32. The lowest BCUT2D eigenvalue weighted by Gasteiger charge is -2.21. The third kappa shape index (κ3) is 3.28. The van der Waals surface area contributed by atoms with Gasteiger partial charge >= 0.3 is 5.97 Å². The van der Waals surface area contributed by atoms with Crippen molar-refractivity contribution in [2.45, 2.75) is 43.1 Å². The summed E-state index contributed by atoms with van der Waals surface area (Å²) in [6.45, 7) is 1.36. The lowest BCUT2D eigenvalue weighted by molar-refractivity contribution is 0.00158. The second kappa shape index (κ2) is 7.59. The monoisotopic (exact) mass is 439 g/mol. The van der Waals surface area contributed by atoms with Crippen LogP contribution < -0.4 is 5.32 Å². The van der Waals surface area contributed by atoms with Crippen LogP contribution in [0.15, 0.2) is 60.9 Å². The van der Waals surface area contributed by atoms with Crippen molar-refractivity contribution >= 4 is 11.8 Å². The SMILES string of the molecule is O=C1OC2(CCNC2)c2ccnc(C(=O)C3(c4ccc(CCc5ccccn5)cc4)CC3)c21. The average Bonchev–Trinajstić information content (AvgIpc) is 3.45. The van der Waals surface area contributed by atoms with E-state index in [1.54, 1.807) is 6.20 Å². The fourth-order valence-electron chi connectivity index (χ4n) is 5.30. The highest BCUT2D eigenvalue weighted by atomic mass is 16.6. The van der Waals surface area contributed by atoms with Crippen molar-refractivity contribution in [2.24, 2.45) is 0 Å². The molecule has 1 aliphatic carbocycles. The van der Waals surface area contributed by atoms with Crippen molar-refractivity contribution in [1.29, 1.82) is 0 Å². The van der Waals surface area contributed by atoms with E-state index >= 15 is 0 Å². The Kier molecular flexibility index (Phi) is 4.66. The third-order valence-electron chi connectivity index (χ3n) is 7.35. The van der Waals surface area contributed by atoms with Gasteiger partial charge in [-0.05, 0) is 61.6 Å². The number of nitrogens with one attached hydrogen (secondary N) is 1. The summed E-state index contributed by atoms with van der Waals surface area (Å²) < 4.78 is 5.79. The Hall–Kier alpha value is -3.38. The smallest absolute Gasteiger partial charge is 0.341 e. The molecular formula is C27H25N3O3. The molecule has 3 aromatic rings. The summed E-state index contributed by atoms with van der Waals surface area (Å²) in [5, 5.41) is 3.27. The van der Waals surface area contributed by atoms with Crippen molar-refractivity contribution < 1.29 is 14.3 Å². The Labute approximate surface area is 192 Å². The zero-order valence-electron chi connectivity index (χ0n) is 18.3. The fraction of sp³-hybridized carbons (Fsp3) is 0.333. The van der Waals surface area contributed by atoms with Crippen LogP contribution in [-0.4, -0.2) is 34.8 Å². The summed E-state index contributed by atoms with van der Waals surface area (Å²) in [4.78, 5) is 35.3. The molecular weight excluding hydrogens is 414 g/mol. The van der Waals surface area contributed by atoms with Crippen LogP contribution in [0.4, 0.5) is 0 Å². The summed E-state index contributed by atoms with van der Waals surface area (Å²) in [7, 11) is 0. The van der Waals surface area contributed by atoms with Crippen LogP contribution in [0.25, 0.3) is 0 Å². The van der Waals surface area contributed by atoms with Crippen LogP contribution in [0.2, 0.25) is 0 Å². The first kappa shape index (κ1) is 20.2. The molecule has 1 saturated heterocycles. The molecule has 33 heavy (non-hydrogen) atoms. The predicted molar refractivity (Wildman–Crippen MR) is 122 cm³/mol. The molecule has 1 aromatic carbocycles. The quantitative estimate of drug-likeness (QED) is 0.467. The summed E-state index contributed by atoms with van der Waals surface area (Å²) in [6.07, 6.45) is 7.49. The highest BCUT2D eigenvalue weighted by Gasteiger charge is 2.55. The van der Waals surface area contributed by atoms with Crippen molar-refractivity contribution in [2.75, 3.05) is 13.1 Å². The summed E-state index contributed by atoms with van der Waals surface area (Å²) in [6, 6.07) is 16.1. The number of ketones is 1. The lowest BCUT2D eigenvalue weighted by Crippen LogP contribution is -2.29. The van der Waals surface area contributed by atoms with Crippen LogP contribution in [0.1, 0.15) is 62.5 Å². The molecule has 6 heteroatoms. The van der Waals surface area contributed by atoms with E-state index in [1.807, 2.05) is 30.5 Å². The Morgan fingerprint density at radius 1 is 0.970 bits per heavy atom. The maximum atomic E-state index is 13.7. The first-order valence-electron chi connectivity index (χ1n) is 11.6. The third-order valence-corrected chi connectivity index (χ3v) is 7.35. The minimum atomic E-state index is -0.656. The Morgan fingerprint density at radius 2 is 1.82 bits per heavy atom. The molecule has 2 aromatic heterocycles. The topological polar surface area (TPSA) is 81.2 Å². The number of Topliss-reactive ketones (excluding diaryl/α,β-unsaturated/α-hetero) is 1. The Bertz CT molecular complexity index is 1230. The van der Waals surface area contributed by atoms with E-state index in [9.17, 15) is 9.59 Å². The van der Waals surface area contributed by atoms with Gasteiger partial charge in [-0.15, -0.1) is 0 Å². The van der Waals surface area contributed by atoms with Crippen molar-refractivity contribution in [3.8, 4) is 0 Å². The highest BCUT2D eigenvalue weighted by molar-refractivity contribution is 6.12. The van der Waals surface area contributed by atoms with Gasteiger partial charge < -0.3 is 10.1 Å². The highest BCUT2D eigenvalue weighted by Crippen LogP contribution is 2.52. The number of carbonyl (C=O) groups is 2. The summed E-state index contributed by atoms with van der Waals surface area (Å²) in [5.41, 5.74) is 3.46. The van der Waals surface area contributed by atoms with Gasteiger partial charge in [-0.1, -0.05) is 30.3 Å². The van der Waals surface area contributed by atoms with Gasteiger partial charge in [0.2, 0.25) is 0 Å². The molecule has 1 spiro atoms. The first-order valence-corrected chi connectivity index (χ1v) is 11.6. The number of hydrogen-bond donors (Lipinski definition) is 1. The van der Waals surface area contributed by atoms with Crippen LogP contribution in [0, 0.1) is 0 Å². The molecule has 0 bridgehead atoms. The number of hydrogen-bond acceptors (Lipinski definition) is 6. The van der Waals surface area contributed by atoms with Gasteiger partial charge in [0.1, 0.15) is 5.69 Å². The largest absolute Gasteiger partial charge is 0.449 e. The first-order chi connectivity index (χ1) is 16.1. The molecule has 166 valence electrons. The molecule has 1 atom stereocenters. The summed E-state index contributed by atoms with van der Waals surface area (Å²) in [5.74, 6) is -0.494. The number of rotatable bonds is 6. The van der Waals surface area contributed by atoms with Gasteiger partial charge in [-0.25, -0.2) is 4.79 Å². The van der Waals surface area contributed by atoms with Crippen LogP contribution in [0.5, 0.6) is 0 Å². The van der Waals surface area contributed by atoms with Gasteiger partial charge in [0.15, 0.2) is 11.4 Å². The number of nitrogens with zero attached hydrogens (tertiary/aromatic N) is 2. The lowest BCUT2D eigenvalue weighted by atomic mass is 9.85. The van der Waals surface area contributed by atoms with E-state index in [1.165, 1.54) is 5.56 Å². The van der Waals surface area contributed by atoms with Gasteiger partial charge in [0.05, 0.1) is 11.0 Å². The zero-order valence-corrected chi connectivity index (χ0v) is 18.3. The Balaban J connectivity index is 1.26. The number of ether oxygens (including phenoxy) is 1. The fourth-order valence-corrected chi connectivity index (χ4v) is 5.30. The number of aromatic nitrogens is 2. The molecule has 1 saturated carbocycles. The van der Waals surface area contributed by atoms with Crippen LogP contribution in [0.3, 0.4) is 0 Å². The minimum Gasteiger partial charge on any atom is -0.449 e. The normalized spacial score (nSPS) is 22.2. The average molecular weight is 440 g/mol. The molecule has 1 unspecified atom stereocenters. The molecule has 6 nitrogen and oxygen atoms in total. The van der Waals surface area contributed by atoms with E-state index < -0.39 is 17.0 Å². The molecule has 3 aliphatic rings. The van der Waals surface area contributed by atoms with Crippen molar-refractivity contribution in [3.63, 3.8) is 0 Å². The van der Waals surface area contributed by atoms with Gasteiger partial charge in [-0.3, -0.25) is 14.8 Å².